The lowest BCUT2D eigenvalue weighted by Crippen LogP contribution is -2.33. The van der Waals surface area contributed by atoms with Gasteiger partial charge in [0.15, 0.2) is 17.1 Å². The van der Waals surface area contributed by atoms with E-state index in [-0.39, 0.29) is 28.5 Å². The number of ether oxygens (including phenoxy) is 2. The zero-order chi connectivity index (χ0) is 20.8. The molecular weight excluding hydrogens is 366 g/mol. The number of benzene rings is 1. The van der Waals surface area contributed by atoms with Crippen molar-refractivity contribution in [1.82, 2.24) is 4.98 Å². The summed E-state index contributed by atoms with van der Waals surface area (Å²) >= 11 is 0. The standard InChI is InChI=1S/C23H23N3O3/c1-4-28-22-14(12-24)20-19(21(25)26-22)17(13-8-6-5-7-9-13)18-15(27)10-23(2,3)11-16(18)29-20/h5-9,17H,4,10-11H2,1-3H3,(H2,25,26)/t17-/m0/s1. The molecule has 0 saturated heterocycles. The van der Waals surface area contributed by atoms with Gasteiger partial charge in [0.1, 0.15) is 17.6 Å². The van der Waals surface area contributed by atoms with Gasteiger partial charge in [-0.25, -0.2) is 0 Å². The fourth-order valence-corrected chi connectivity index (χ4v) is 4.24. The molecule has 1 atom stereocenters. The average molecular weight is 389 g/mol. The van der Waals surface area contributed by atoms with Gasteiger partial charge in [-0.1, -0.05) is 44.2 Å². The van der Waals surface area contributed by atoms with Crippen LogP contribution in [0.5, 0.6) is 11.6 Å². The Labute approximate surface area is 170 Å². The second-order valence-corrected chi connectivity index (χ2v) is 8.19. The minimum Gasteiger partial charge on any atom is -0.477 e. The van der Waals surface area contributed by atoms with Gasteiger partial charge in [-0.05, 0) is 17.9 Å². The molecule has 0 amide bonds. The van der Waals surface area contributed by atoms with Crippen LogP contribution in [0.25, 0.3) is 0 Å². The van der Waals surface area contributed by atoms with Crippen molar-refractivity contribution in [2.45, 2.75) is 39.5 Å². The molecule has 2 aromatic rings. The Kier molecular flexibility index (Phi) is 4.54. The van der Waals surface area contributed by atoms with Gasteiger partial charge in [0, 0.05) is 24.3 Å². The highest BCUT2D eigenvalue weighted by atomic mass is 16.5. The Hall–Kier alpha value is -3.33. The van der Waals surface area contributed by atoms with Crippen molar-refractivity contribution in [3.63, 3.8) is 0 Å². The van der Waals surface area contributed by atoms with Crippen molar-refractivity contribution in [1.29, 1.82) is 5.26 Å². The fourth-order valence-electron chi connectivity index (χ4n) is 4.24. The first kappa shape index (κ1) is 19.0. The third-order valence-corrected chi connectivity index (χ3v) is 5.39. The molecule has 0 bridgehead atoms. The van der Waals surface area contributed by atoms with Crippen LogP contribution in [0.4, 0.5) is 5.82 Å². The van der Waals surface area contributed by atoms with Gasteiger partial charge in [0.05, 0.1) is 12.2 Å². The van der Waals surface area contributed by atoms with Gasteiger partial charge < -0.3 is 15.2 Å². The van der Waals surface area contributed by atoms with Crippen molar-refractivity contribution < 1.29 is 14.3 Å². The van der Waals surface area contributed by atoms with Crippen LogP contribution in [-0.4, -0.2) is 17.4 Å². The van der Waals surface area contributed by atoms with Gasteiger partial charge in [-0.2, -0.15) is 10.2 Å². The summed E-state index contributed by atoms with van der Waals surface area (Å²) in [6, 6.07) is 11.8. The second kappa shape index (κ2) is 6.93. The largest absolute Gasteiger partial charge is 0.477 e. The van der Waals surface area contributed by atoms with E-state index in [0.717, 1.165) is 5.56 Å². The van der Waals surface area contributed by atoms with Gasteiger partial charge >= 0.3 is 0 Å². The molecule has 29 heavy (non-hydrogen) atoms. The van der Waals surface area contributed by atoms with Gasteiger partial charge in [0.2, 0.25) is 5.88 Å². The van der Waals surface area contributed by atoms with Crippen molar-refractivity contribution in [3.05, 3.63) is 58.4 Å². The highest BCUT2D eigenvalue weighted by Gasteiger charge is 2.44. The molecule has 1 aliphatic carbocycles. The molecule has 0 spiro atoms. The summed E-state index contributed by atoms with van der Waals surface area (Å²) < 4.78 is 11.8. The second-order valence-electron chi connectivity index (χ2n) is 8.19. The molecule has 148 valence electrons. The highest BCUT2D eigenvalue weighted by molar-refractivity contribution is 6.00. The molecule has 6 heteroatoms. The topological polar surface area (TPSA) is 98.2 Å². The summed E-state index contributed by atoms with van der Waals surface area (Å²) in [4.78, 5) is 17.5. The number of pyridine rings is 1. The number of anilines is 1. The minimum atomic E-state index is -0.422. The van der Waals surface area contributed by atoms with Crippen LogP contribution in [0.2, 0.25) is 0 Å². The molecule has 0 unspecified atom stereocenters. The fraction of sp³-hybridized carbons (Fsp3) is 0.348. The number of nitrogens with two attached hydrogens (primary N) is 1. The minimum absolute atomic E-state index is 0.0440. The van der Waals surface area contributed by atoms with Crippen molar-refractivity contribution >= 4 is 11.6 Å². The van der Waals surface area contributed by atoms with Crippen LogP contribution < -0.4 is 15.2 Å². The number of carbonyl (C=O) groups excluding carboxylic acids is 1. The summed E-state index contributed by atoms with van der Waals surface area (Å²) in [5.74, 6) is 0.944. The van der Waals surface area contributed by atoms with Crippen LogP contribution in [0.3, 0.4) is 0 Å². The van der Waals surface area contributed by atoms with Crippen LogP contribution in [0.1, 0.15) is 56.2 Å². The Morgan fingerprint density at radius 2 is 2.03 bits per heavy atom. The number of carbonyl (C=O) groups is 1. The van der Waals surface area contributed by atoms with E-state index >= 15 is 0 Å². The Morgan fingerprint density at radius 1 is 1.31 bits per heavy atom. The van der Waals surface area contributed by atoms with Gasteiger partial charge in [-0.15, -0.1) is 0 Å². The Bertz CT molecular complexity index is 1070. The summed E-state index contributed by atoms with van der Waals surface area (Å²) in [5, 5.41) is 9.83. The van der Waals surface area contributed by atoms with E-state index in [1.807, 2.05) is 51.1 Å². The monoisotopic (exact) mass is 389 g/mol. The molecular formula is C23H23N3O3. The van der Waals surface area contributed by atoms with Gasteiger partial charge in [0.25, 0.3) is 0 Å². The molecule has 2 heterocycles. The number of nitrogen functional groups attached to an aromatic ring is 1. The maximum absolute atomic E-state index is 13.2. The van der Waals surface area contributed by atoms with Crippen molar-refractivity contribution in [2.24, 2.45) is 5.41 Å². The number of nitriles is 1. The molecule has 0 radical (unpaired) electrons. The van der Waals surface area contributed by atoms with Crippen molar-refractivity contribution in [2.75, 3.05) is 12.3 Å². The number of aromatic nitrogens is 1. The smallest absolute Gasteiger partial charge is 0.237 e. The zero-order valence-corrected chi connectivity index (χ0v) is 16.8. The summed E-state index contributed by atoms with van der Waals surface area (Å²) in [7, 11) is 0. The van der Waals surface area contributed by atoms with Crippen LogP contribution in [0.15, 0.2) is 41.7 Å². The summed E-state index contributed by atoms with van der Waals surface area (Å²) in [6.45, 7) is 6.25. The number of hydrogen-bond donors (Lipinski definition) is 1. The van der Waals surface area contributed by atoms with E-state index in [2.05, 4.69) is 11.1 Å². The zero-order valence-electron chi connectivity index (χ0n) is 16.8. The molecule has 0 saturated carbocycles. The lowest BCUT2D eigenvalue weighted by molar-refractivity contribution is -0.118. The lowest BCUT2D eigenvalue weighted by Gasteiger charge is -2.38. The number of ketones is 1. The third-order valence-electron chi connectivity index (χ3n) is 5.39. The SMILES string of the molecule is CCOc1nc(N)c2c(c1C#N)OC1=C(C(=O)CC(C)(C)C1)[C@@H]2c1ccccc1. The first-order valence-corrected chi connectivity index (χ1v) is 9.71. The van der Waals surface area contributed by atoms with Crippen molar-refractivity contribution in [3.8, 4) is 17.7 Å². The molecule has 1 aromatic carbocycles. The number of Topliss-reactive ketones (excluding diaryl/α,β-unsaturated/α-hetero) is 1. The van der Waals surface area contributed by atoms with Crippen LogP contribution >= 0.6 is 0 Å². The van der Waals surface area contributed by atoms with E-state index in [1.54, 1.807) is 0 Å². The third kappa shape index (κ3) is 3.13. The molecule has 4 rings (SSSR count). The predicted octanol–water partition coefficient (Wildman–Crippen LogP) is 4.10. The Balaban J connectivity index is 2.02. The number of allylic oxidation sites excluding steroid dienone is 2. The van der Waals surface area contributed by atoms with E-state index < -0.39 is 5.92 Å². The maximum Gasteiger partial charge on any atom is 0.237 e. The first-order valence-electron chi connectivity index (χ1n) is 9.71. The Morgan fingerprint density at radius 3 is 2.69 bits per heavy atom. The van der Waals surface area contributed by atoms with E-state index in [9.17, 15) is 10.1 Å². The summed E-state index contributed by atoms with van der Waals surface area (Å²) in [5.41, 5.74) is 8.41. The molecule has 1 aliphatic heterocycles. The van der Waals surface area contributed by atoms with E-state index in [1.165, 1.54) is 0 Å². The van der Waals surface area contributed by atoms with Crippen LogP contribution in [-0.2, 0) is 4.79 Å². The lowest BCUT2D eigenvalue weighted by atomic mass is 9.70. The highest BCUT2D eigenvalue weighted by Crippen LogP contribution is 2.53. The van der Waals surface area contributed by atoms with E-state index in [0.29, 0.717) is 42.1 Å². The van der Waals surface area contributed by atoms with E-state index in [4.69, 9.17) is 15.2 Å². The summed E-state index contributed by atoms with van der Waals surface area (Å²) in [6.07, 6.45) is 1.04. The number of hydrogen-bond acceptors (Lipinski definition) is 6. The normalized spacial score (nSPS) is 19.7. The molecule has 1 aromatic heterocycles. The quantitative estimate of drug-likeness (QED) is 0.848. The average Bonchev–Trinajstić information content (AvgIpc) is 2.66. The first-order chi connectivity index (χ1) is 13.9. The molecule has 2 N–H and O–H groups in total. The number of fused-ring (bicyclic) bond motifs is 1. The molecule has 2 aliphatic rings. The predicted molar refractivity (Wildman–Crippen MR) is 108 cm³/mol. The number of rotatable bonds is 3. The molecule has 0 fully saturated rings. The van der Waals surface area contributed by atoms with Gasteiger partial charge in [-0.3, -0.25) is 4.79 Å². The maximum atomic E-state index is 13.2. The molecule has 6 nitrogen and oxygen atoms in total. The van der Waals surface area contributed by atoms with Crippen LogP contribution in [0, 0.1) is 16.7 Å². The number of nitrogens with zero attached hydrogens (tertiary/aromatic N) is 2.